The maximum Gasteiger partial charge on any atom is 0.255 e. The third-order valence-corrected chi connectivity index (χ3v) is 3.88. The second kappa shape index (κ2) is 7.40. The van der Waals surface area contributed by atoms with Crippen LogP contribution in [0.4, 0.5) is 5.69 Å². The average molecular weight is 362 g/mol. The summed E-state index contributed by atoms with van der Waals surface area (Å²) in [5.41, 5.74) is 2.86. The molecule has 116 valence electrons. The lowest BCUT2D eigenvalue weighted by Gasteiger charge is -2.21. The number of benzene rings is 1. The van der Waals surface area contributed by atoms with E-state index in [2.05, 4.69) is 50.1 Å². The molecule has 1 heterocycles. The van der Waals surface area contributed by atoms with E-state index in [0.717, 1.165) is 15.7 Å². The molecule has 0 spiro atoms. The van der Waals surface area contributed by atoms with Crippen LogP contribution in [0.2, 0.25) is 0 Å². The van der Waals surface area contributed by atoms with Crippen molar-refractivity contribution in [3.63, 3.8) is 0 Å². The Morgan fingerprint density at radius 1 is 1.18 bits per heavy atom. The van der Waals surface area contributed by atoms with Gasteiger partial charge in [-0.3, -0.25) is 9.78 Å². The summed E-state index contributed by atoms with van der Waals surface area (Å²) in [6.45, 7) is 3.23. The molecule has 0 fully saturated rings. The summed E-state index contributed by atoms with van der Waals surface area (Å²) in [6.07, 6.45) is 3.28. The normalized spacial score (nSPS) is 10.4. The highest BCUT2D eigenvalue weighted by molar-refractivity contribution is 9.10. The van der Waals surface area contributed by atoms with E-state index in [0.29, 0.717) is 18.7 Å². The standard InChI is InChI=1S/C17H20BrN3O/c1-4-21(17(22)14-9-15(18)11-19-10-14)12-13-5-7-16(8-6-13)20(2)3/h5-11H,4,12H2,1-3H3. The lowest BCUT2D eigenvalue weighted by molar-refractivity contribution is 0.0752. The van der Waals surface area contributed by atoms with Gasteiger partial charge in [-0.15, -0.1) is 0 Å². The molecular formula is C17H20BrN3O. The Hall–Kier alpha value is -1.88. The highest BCUT2D eigenvalue weighted by Gasteiger charge is 2.15. The molecule has 4 nitrogen and oxygen atoms in total. The Labute approximate surface area is 139 Å². The molecule has 22 heavy (non-hydrogen) atoms. The van der Waals surface area contributed by atoms with Gasteiger partial charge in [-0.05, 0) is 46.6 Å². The molecule has 1 aromatic heterocycles. The van der Waals surface area contributed by atoms with Crippen LogP contribution in [0.15, 0.2) is 47.2 Å². The van der Waals surface area contributed by atoms with E-state index in [9.17, 15) is 4.79 Å². The summed E-state index contributed by atoms with van der Waals surface area (Å²) >= 11 is 3.35. The van der Waals surface area contributed by atoms with Gasteiger partial charge in [0.15, 0.2) is 0 Å². The first-order chi connectivity index (χ1) is 10.5. The van der Waals surface area contributed by atoms with Crippen molar-refractivity contribution in [3.05, 3.63) is 58.3 Å². The van der Waals surface area contributed by atoms with Gasteiger partial charge in [0.25, 0.3) is 5.91 Å². The monoisotopic (exact) mass is 361 g/mol. The fourth-order valence-electron chi connectivity index (χ4n) is 2.16. The van der Waals surface area contributed by atoms with Crippen molar-refractivity contribution < 1.29 is 4.79 Å². The average Bonchev–Trinajstić information content (AvgIpc) is 2.52. The van der Waals surface area contributed by atoms with E-state index >= 15 is 0 Å². The lowest BCUT2D eigenvalue weighted by Crippen LogP contribution is -2.30. The third kappa shape index (κ3) is 4.07. The number of anilines is 1. The number of aromatic nitrogens is 1. The van der Waals surface area contributed by atoms with E-state index in [1.807, 2.05) is 25.9 Å². The smallest absolute Gasteiger partial charge is 0.255 e. The Morgan fingerprint density at radius 3 is 2.41 bits per heavy atom. The maximum atomic E-state index is 12.6. The number of hydrogen-bond donors (Lipinski definition) is 0. The molecule has 0 N–H and O–H groups in total. The molecule has 2 rings (SSSR count). The zero-order valence-corrected chi connectivity index (χ0v) is 14.7. The topological polar surface area (TPSA) is 36.4 Å². The molecule has 1 aromatic carbocycles. The van der Waals surface area contributed by atoms with E-state index in [4.69, 9.17) is 0 Å². The molecule has 5 heteroatoms. The fraction of sp³-hybridized carbons (Fsp3) is 0.294. The number of carbonyl (C=O) groups excluding carboxylic acids is 1. The maximum absolute atomic E-state index is 12.6. The van der Waals surface area contributed by atoms with Crippen LogP contribution in [-0.4, -0.2) is 36.4 Å². The van der Waals surface area contributed by atoms with Gasteiger partial charge in [-0.2, -0.15) is 0 Å². The van der Waals surface area contributed by atoms with Crippen molar-refractivity contribution in [1.82, 2.24) is 9.88 Å². The van der Waals surface area contributed by atoms with Gasteiger partial charge < -0.3 is 9.80 Å². The largest absolute Gasteiger partial charge is 0.378 e. The number of halogens is 1. The van der Waals surface area contributed by atoms with Crippen molar-refractivity contribution in [3.8, 4) is 0 Å². The molecule has 0 aliphatic heterocycles. The zero-order chi connectivity index (χ0) is 16.1. The predicted molar refractivity (Wildman–Crippen MR) is 93.1 cm³/mol. The van der Waals surface area contributed by atoms with Crippen LogP contribution in [0.3, 0.4) is 0 Å². The summed E-state index contributed by atoms with van der Waals surface area (Å²) in [5, 5.41) is 0. The molecule has 1 amide bonds. The summed E-state index contributed by atoms with van der Waals surface area (Å²) < 4.78 is 0.810. The Bertz CT molecular complexity index is 641. The molecular weight excluding hydrogens is 342 g/mol. The molecule has 0 saturated carbocycles. The first-order valence-electron chi connectivity index (χ1n) is 7.17. The van der Waals surface area contributed by atoms with E-state index in [-0.39, 0.29) is 5.91 Å². The van der Waals surface area contributed by atoms with E-state index in [1.54, 1.807) is 18.5 Å². The van der Waals surface area contributed by atoms with Crippen molar-refractivity contribution in [2.75, 3.05) is 25.5 Å². The number of nitrogens with zero attached hydrogens (tertiary/aromatic N) is 3. The van der Waals surface area contributed by atoms with Gasteiger partial charge in [-0.25, -0.2) is 0 Å². The first-order valence-corrected chi connectivity index (χ1v) is 7.96. The van der Waals surface area contributed by atoms with Crippen molar-refractivity contribution in [2.24, 2.45) is 0 Å². The van der Waals surface area contributed by atoms with Crippen LogP contribution >= 0.6 is 15.9 Å². The first kappa shape index (κ1) is 16.5. The fourth-order valence-corrected chi connectivity index (χ4v) is 2.52. The second-order valence-electron chi connectivity index (χ2n) is 5.27. The molecule has 0 saturated heterocycles. The van der Waals surface area contributed by atoms with Gasteiger partial charge >= 0.3 is 0 Å². The van der Waals surface area contributed by atoms with Crippen LogP contribution in [0.25, 0.3) is 0 Å². The minimum absolute atomic E-state index is 0.00649. The van der Waals surface area contributed by atoms with E-state index < -0.39 is 0 Å². The van der Waals surface area contributed by atoms with E-state index in [1.165, 1.54) is 0 Å². The van der Waals surface area contributed by atoms with Crippen molar-refractivity contribution in [2.45, 2.75) is 13.5 Å². The number of rotatable bonds is 5. The summed E-state index contributed by atoms with van der Waals surface area (Å²) in [6, 6.07) is 10.0. The molecule has 0 radical (unpaired) electrons. The number of amides is 1. The van der Waals surface area contributed by atoms with Gasteiger partial charge in [0, 0.05) is 49.7 Å². The molecule has 0 atom stereocenters. The van der Waals surface area contributed by atoms with Gasteiger partial charge in [-0.1, -0.05) is 12.1 Å². The van der Waals surface area contributed by atoms with Crippen LogP contribution < -0.4 is 4.90 Å². The van der Waals surface area contributed by atoms with Gasteiger partial charge in [0.2, 0.25) is 0 Å². The molecule has 0 aliphatic rings. The van der Waals surface area contributed by atoms with Crippen molar-refractivity contribution >= 4 is 27.5 Å². The highest BCUT2D eigenvalue weighted by atomic mass is 79.9. The minimum Gasteiger partial charge on any atom is -0.378 e. The highest BCUT2D eigenvalue weighted by Crippen LogP contribution is 2.16. The molecule has 0 aliphatic carbocycles. The Kier molecular flexibility index (Phi) is 5.55. The van der Waals surface area contributed by atoms with Crippen LogP contribution in [0.5, 0.6) is 0 Å². The summed E-state index contributed by atoms with van der Waals surface area (Å²) in [4.78, 5) is 20.5. The molecule has 0 unspecified atom stereocenters. The van der Waals surface area contributed by atoms with Crippen LogP contribution in [0, 0.1) is 0 Å². The minimum atomic E-state index is -0.00649. The lowest BCUT2D eigenvalue weighted by atomic mass is 10.1. The van der Waals surface area contributed by atoms with Crippen LogP contribution in [-0.2, 0) is 6.54 Å². The SMILES string of the molecule is CCN(Cc1ccc(N(C)C)cc1)C(=O)c1cncc(Br)c1. The van der Waals surface area contributed by atoms with Gasteiger partial charge in [0.1, 0.15) is 0 Å². The number of pyridine rings is 1. The number of carbonyl (C=O) groups is 1. The third-order valence-electron chi connectivity index (χ3n) is 3.45. The quantitative estimate of drug-likeness (QED) is 0.816. The summed E-state index contributed by atoms with van der Waals surface area (Å²) in [7, 11) is 4.02. The second-order valence-corrected chi connectivity index (χ2v) is 6.19. The van der Waals surface area contributed by atoms with Crippen LogP contribution in [0.1, 0.15) is 22.8 Å². The molecule has 0 bridgehead atoms. The Morgan fingerprint density at radius 2 is 1.86 bits per heavy atom. The summed E-state index contributed by atoms with van der Waals surface area (Å²) in [5.74, 6) is -0.00649. The Balaban J connectivity index is 2.13. The zero-order valence-electron chi connectivity index (χ0n) is 13.1. The van der Waals surface area contributed by atoms with Crippen molar-refractivity contribution in [1.29, 1.82) is 0 Å². The predicted octanol–water partition coefficient (Wildman–Crippen LogP) is 3.57. The van der Waals surface area contributed by atoms with Gasteiger partial charge in [0.05, 0.1) is 5.56 Å². The molecule has 2 aromatic rings. The number of hydrogen-bond acceptors (Lipinski definition) is 3.